The van der Waals surface area contributed by atoms with E-state index in [1.165, 1.54) is 0 Å². The molecule has 0 bridgehead atoms. The molecule has 48 heavy (non-hydrogen) atoms. The molecule has 0 aromatic rings. The van der Waals surface area contributed by atoms with Crippen molar-refractivity contribution in [3.8, 4) is 0 Å². The molecule has 0 radical (unpaired) electrons. The second-order valence-electron chi connectivity index (χ2n) is 7.25. The van der Waals surface area contributed by atoms with Crippen molar-refractivity contribution in [3.63, 3.8) is 0 Å². The van der Waals surface area contributed by atoms with Crippen LogP contribution in [-0.2, 0) is 43.2 Å². The van der Waals surface area contributed by atoms with Gasteiger partial charge in [0.1, 0.15) is 16.8 Å². The topological polar surface area (TPSA) is 422 Å². The Kier molecular flexibility index (Phi) is 88.7. The average molecular weight is 919 g/mol. The van der Waals surface area contributed by atoms with Gasteiger partial charge in [0.25, 0.3) is 0 Å². The van der Waals surface area contributed by atoms with Crippen molar-refractivity contribution in [3.05, 3.63) is 0 Å². The maximum atomic E-state index is 10.1. The van der Waals surface area contributed by atoms with Gasteiger partial charge in [0.15, 0.2) is 0 Å². The fourth-order valence-corrected chi connectivity index (χ4v) is 2.05. The van der Waals surface area contributed by atoms with E-state index < -0.39 is 109 Å². The summed E-state index contributed by atoms with van der Waals surface area (Å²) in [6.45, 7) is 0. The van der Waals surface area contributed by atoms with E-state index in [4.69, 9.17) is 15.3 Å². The average Bonchev–Trinajstić information content (AvgIpc) is 2.64. The number of carboxylic acids is 9. The van der Waals surface area contributed by atoms with E-state index in [9.17, 15) is 89.1 Å². The summed E-state index contributed by atoms with van der Waals surface area (Å²) < 4.78 is 0. The SMILES string of the molecule is O=C([O-])CC(O)(CC(=O)[O-])C(=O)[O-].O=C([O-])CC(O)(CC(=O)[O-])C(=O)[O-].O=C([O-])CC(O)(CC(=O)[O-])C(=O)[O-].[K+].[K+].[K+].[K+].[K+].[K+].[K+].[K+].[K+]. The molecule has 3 N–H and O–H groups in total. The van der Waals surface area contributed by atoms with Crippen molar-refractivity contribution in [2.45, 2.75) is 55.3 Å². The standard InChI is InChI=1S/3C6H8O7.9K/c3*7-3(8)1-6(13,5(11)12)2-4(9)10;;;;;;;;;/h3*13H,1-2H2,(H,7,8)(H,9,10)(H,11,12);;;;;;;;;/q;;;9*+1/p-9. The molecule has 0 amide bonds. The number of hydrogen-bond acceptors (Lipinski definition) is 21. The van der Waals surface area contributed by atoms with Gasteiger partial charge in [-0.25, -0.2) is 0 Å². The normalized spacial score (nSPS) is 8.81. The van der Waals surface area contributed by atoms with Crippen molar-refractivity contribution in [2.24, 2.45) is 0 Å². The number of aliphatic carboxylic acids is 9. The first-order valence-electron chi connectivity index (χ1n) is 9.34. The van der Waals surface area contributed by atoms with Gasteiger partial charge in [-0.1, -0.05) is 0 Å². The van der Waals surface area contributed by atoms with Gasteiger partial charge in [-0.15, -0.1) is 0 Å². The van der Waals surface area contributed by atoms with Crippen LogP contribution in [-0.4, -0.2) is 85.8 Å². The van der Waals surface area contributed by atoms with E-state index >= 15 is 0 Å². The largest absolute Gasteiger partial charge is 1.00 e. The zero-order valence-electron chi connectivity index (χ0n) is 27.9. The minimum absolute atomic E-state index is 0. The maximum Gasteiger partial charge on any atom is 1.00 e. The van der Waals surface area contributed by atoms with Crippen molar-refractivity contribution < 1.29 is 567 Å². The maximum absolute atomic E-state index is 10.1. The van der Waals surface area contributed by atoms with Crippen LogP contribution in [0.4, 0.5) is 0 Å². The Morgan fingerprint density at radius 3 is 0.417 bits per heavy atom. The molecule has 222 valence electrons. The number of carboxylic acid groups (broad SMARTS) is 9. The van der Waals surface area contributed by atoms with Gasteiger partial charge in [-0.05, 0) is 0 Å². The van der Waals surface area contributed by atoms with Crippen molar-refractivity contribution in [2.75, 3.05) is 0 Å². The van der Waals surface area contributed by atoms with Crippen LogP contribution in [0.2, 0.25) is 0 Å². The molecule has 0 saturated heterocycles. The van der Waals surface area contributed by atoms with Crippen molar-refractivity contribution >= 4 is 53.7 Å². The van der Waals surface area contributed by atoms with Crippen LogP contribution in [0, 0.1) is 0 Å². The number of carbonyl (C=O) groups excluding carboxylic acids is 9. The quantitative estimate of drug-likeness (QED) is 0.128. The Morgan fingerprint density at radius 1 is 0.292 bits per heavy atom. The van der Waals surface area contributed by atoms with Crippen molar-refractivity contribution in [1.29, 1.82) is 0 Å². The van der Waals surface area contributed by atoms with Gasteiger partial charge >= 0.3 is 462 Å². The van der Waals surface area contributed by atoms with Crippen LogP contribution in [0.5, 0.6) is 0 Å². The van der Waals surface area contributed by atoms with E-state index in [0.717, 1.165) is 0 Å². The molecule has 0 aliphatic carbocycles. The van der Waals surface area contributed by atoms with Crippen LogP contribution in [0.1, 0.15) is 38.5 Å². The number of carbonyl (C=O) groups is 9. The third-order valence-corrected chi connectivity index (χ3v) is 3.76. The first-order valence-corrected chi connectivity index (χ1v) is 9.34. The molecule has 0 aliphatic heterocycles. The molecular weight excluding hydrogens is 904 g/mol. The summed E-state index contributed by atoms with van der Waals surface area (Å²) in [5.74, 6) is -18.0. The van der Waals surface area contributed by atoms with E-state index in [-0.39, 0.29) is 462 Å². The van der Waals surface area contributed by atoms with Gasteiger partial charge in [0.05, 0.1) is 17.9 Å². The molecule has 0 spiro atoms. The van der Waals surface area contributed by atoms with Crippen LogP contribution in [0.15, 0.2) is 0 Å². The molecule has 0 aliphatic rings. The Labute approximate surface area is 654 Å². The molecule has 30 heteroatoms. The monoisotopic (exact) mass is 918 g/mol. The Morgan fingerprint density at radius 2 is 0.375 bits per heavy atom. The minimum Gasteiger partial charge on any atom is -0.550 e. The minimum atomic E-state index is -2.97. The zero-order chi connectivity index (χ0) is 31.9. The third kappa shape index (κ3) is 50.2. The molecule has 0 unspecified atom stereocenters. The molecule has 0 saturated carbocycles. The summed E-state index contributed by atoms with van der Waals surface area (Å²) in [5, 5.41) is 117. The van der Waals surface area contributed by atoms with Gasteiger partial charge in [0, 0.05) is 74.3 Å². The Hall–Kier alpha value is 9.84. The van der Waals surface area contributed by atoms with E-state index in [0.29, 0.717) is 0 Å². The molecule has 0 atom stereocenters. The van der Waals surface area contributed by atoms with Crippen LogP contribution < -0.4 is 508 Å². The molecule has 0 fully saturated rings. The summed E-state index contributed by atoms with van der Waals surface area (Å²) in [4.78, 5) is 90.0. The number of hydrogen-bond donors (Lipinski definition) is 3. The van der Waals surface area contributed by atoms with Crippen LogP contribution in [0.3, 0.4) is 0 Å². The smallest absolute Gasteiger partial charge is 0.550 e. The van der Waals surface area contributed by atoms with Gasteiger partial charge in [-0.2, -0.15) is 0 Å². The van der Waals surface area contributed by atoms with Gasteiger partial charge in [-0.3, -0.25) is 0 Å². The molecular formula is C18H15K9O21. The molecule has 21 nitrogen and oxygen atoms in total. The third-order valence-electron chi connectivity index (χ3n) is 3.76. The second kappa shape index (κ2) is 47.9. The predicted molar refractivity (Wildman–Crippen MR) is 87.6 cm³/mol. The van der Waals surface area contributed by atoms with Gasteiger partial charge in [0.2, 0.25) is 0 Å². The summed E-state index contributed by atoms with van der Waals surface area (Å²) in [5.41, 5.74) is -8.92. The summed E-state index contributed by atoms with van der Waals surface area (Å²) in [6.07, 6.45) is -8.15. The first-order chi connectivity index (χ1) is 17.3. The summed E-state index contributed by atoms with van der Waals surface area (Å²) in [7, 11) is 0. The van der Waals surface area contributed by atoms with E-state index in [1.54, 1.807) is 0 Å². The van der Waals surface area contributed by atoms with Gasteiger partial charge < -0.3 is 104 Å². The van der Waals surface area contributed by atoms with E-state index in [2.05, 4.69) is 0 Å². The fourth-order valence-electron chi connectivity index (χ4n) is 2.05. The second-order valence-corrected chi connectivity index (χ2v) is 7.25. The Bertz CT molecular complexity index is 839. The number of rotatable bonds is 15. The Balaban J connectivity index is -0.0000000370. The molecule has 0 rings (SSSR count). The fraction of sp³-hybridized carbons (Fsp3) is 0.500. The molecule has 0 aromatic heterocycles. The molecule has 0 heterocycles. The van der Waals surface area contributed by atoms with Crippen molar-refractivity contribution in [1.82, 2.24) is 0 Å². The van der Waals surface area contributed by atoms with E-state index in [1.807, 2.05) is 0 Å². The van der Waals surface area contributed by atoms with Crippen LogP contribution >= 0.6 is 0 Å². The number of aliphatic hydroxyl groups is 3. The summed E-state index contributed by atoms with van der Waals surface area (Å²) in [6, 6.07) is 0. The molecule has 0 aromatic carbocycles. The van der Waals surface area contributed by atoms with Crippen LogP contribution in [0.25, 0.3) is 0 Å². The zero-order valence-corrected chi connectivity index (χ0v) is 56.0. The summed E-state index contributed by atoms with van der Waals surface area (Å²) >= 11 is 0. The predicted octanol–water partition coefficient (Wildman–Crippen LogP) is -42.7. The first kappa shape index (κ1) is 88.9.